The normalized spacial score (nSPS) is 17.7. The summed E-state index contributed by atoms with van der Waals surface area (Å²) in [6.45, 7) is 3.39. The molecule has 2 aliphatic heterocycles. The molecule has 0 radical (unpaired) electrons. The van der Waals surface area contributed by atoms with Crippen LogP contribution in [0.2, 0.25) is 12.0 Å². The number of halogens is 1. The van der Waals surface area contributed by atoms with E-state index >= 15 is 0 Å². The lowest BCUT2D eigenvalue weighted by Crippen LogP contribution is -2.48. The zero-order chi connectivity index (χ0) is 18.3. The molecule has 132 valence electrons. The van der Waals surface area contributed by atoms with Crippen LogP contribution in [0, 0.1) is 0 Å². The Kier molecular flexibility index (Phi) is 4.24. The maximum atomic E-state index is 12.9. The number of nitrogens with zero attached hydrogens (tertiary/aromatic N) is 5. The van der Waals surface area contributed by atoms with Crippen LogP contribution in [0.1, 0.15) is 16.9 Å². The summed E-state index contributed by atoms with van der Waals surface area (Å²) < 4.78 is 0. The fourth-order valence-electron chi connectivity index (χ4n) is 3.38. The molecule has 4 heterocycles. The second-order valence-electron chi connectivity index (χ2n) is 6.23. The van der Waals surface area contributed by atoms with Gasteiger partial charge in [0.1, 0.15) is 23.0 Å². The van der Waals surface area contributed by atoms with E-state index < -0.39 is 0 Å². The highest BCUT2D eigenvalue weighted by Crippen LogP contribution is 2.39. The Morgan fingerprint density at radius 3 is 2.96 bits per heavy atom. The molecule has 0 spiro atoms. The van der Waals surface area contributed by atoms with Crippen molar-refractivity contribution in [1.29, 1.82) is 0 Å². The highest BCUT2D eigenvalue weighted by Gasteiger charge is 2.40. The largest absolute Gasteiger partial charge is 0.366 e. The first-order chi connectivity index (χ1) is 12.6. The van der Waals surface area contributed by atoms with Gasteiger partial charge in [-0.3, -0.25) is 10.2 Å². The average molecular weight is 371 g/mol. The topological polar surface area (TPSA) is 91.3 Å². The van der Waals surface area contributed by atoms with Gasteiger partial charge < -0.3 is 9.69 Å². The first-order valence-electron chi connectivity index (χ1n) is 8.43. The lowest BCUT2D eigenvalue weighted by atomic mass is 9.75. The minimum absolute atomic E-state index is 0.000659. The number of pyridine rings is 1. The summed E-state index contributed by atoms with van der Waals surface area (Å²) in [4.78, 5) is 41.1. The van der Waals surface area contributed by atoms with E-state index in [9.17, 15) is 9.59 Å². The molecule has 8 nitrogen and oxygen atoms in total. The number of nitrogens with one attached hydrogen (secondary N) is 1. The van der Waals surface area contributed by atoms with Gasteiger partial charge in [-0.1, -0.05) is 18.4 Å². The van der Waals surface area contributed by atoms with Gasteiger partial charge in [0.25, 0.3) is 0 Å². The van der Waals surface area contributed by atoms with Crippen LogP contribution >= 0.6 is 11.6 Å². The van der Waals surface area contributed by atoms with Crippen LogP contribution in [-0.2, 0) is 0 Å². The maximum Gasteiger partial charge on any atom is 0.329 e. The van der Waals surface area contributed by atoms with E-state index in [1.54, 1.807) is 17.8 Å². The van der Waals surface area contributed by atoms with Crippen molar-refractivity contribution in [3.05, 3.63) is 35.4 Å². The number of fused-ring (bicyclic) bond motifs is 4. The van der Waals surface area contributed by atoms with Gasteiger partial charge in [-0.25, -0.2) is 19.7 Å². The van der Waals surface area contributed by atoms with E-state index in [0.717, 1.165) is 25.2 Å². The van der Waals surface area contributed by atoms with Crippen molar-refractivity contribution in [2.24, 2.45) is 0 Å². The molecule has 10 heteroatoms. The number of aromatic nitrogens is 3. The molecule has 1 N–H and O–H groups in total. The molecule has 26 heavy (non-hydrogen) atoms. The van der Waals surface area contributed by atoms with Crippen molar-refractivity contribution in [2.75, 3.05) is 28.2 Å². The minimum atomic E-state index is -0.346. The molecule has 1 saturated heterocycles. The van der Waals surface area contributed by atoms with Gasteiger partial charge in [0, 0.05) is 19.2 Å². The first kappa shape index (κ1) is 16.8. The smallest absolute Gasteiger partial charge is 0.329 e. The summed E-state index contributed by atoms with van der Waals surface area (Å²) in [5.74, 6) is 0.827. The zero-order valence-corrected chi connectivity index (χ0v) is 14.9. The van der Waals surface area contributed by atoms with Gasteiger partial charge in [0.05, 0.1) is 17.4 Å². The molecular formula is C16H16BClN6O2. The highest BCUT2D eigenvalue weighted by molar-refractivity contribution is 6.76. The van der Waals surface area contributed by atoms with Crippen molar-refractivity contribution in [2.45, 2.75) is 19.3 Å². The van der Waals surface area contributed by atoms with Crippen LogP contribution in [0.5, 0.6) is 0 Å². The van der Waals surface area contributed by atoms with Crippen LogP contribution < -0.4 is 15.1 Å². The molecular weight excluding hydrogens is 354 g/mol. The predicted molar refractivity (Wildman–Crippen MR) is 101 cm³/mol. The molecule has 2 aliphatic rings. The molecule has 0 aliphatic carbocycles. The van der Waals surface area contributed by atoms with Gasteiger partial charge in [-0.05, 0) is 18.6 Å². The monoisotopic (exact) mass is 370 g/mol. The number of hydrogen-bond acceptors (Lipinski definition) is 6. The Hall–Kier alpha value is -2.68. The van der Waals surface area contributed by atoms with Crippen LogP contribution in [-0.4, -0.2) is 53.1 Å². The van der Waals surface area contributed by atoms with Gasteiger partial charge in [-0.15, -0.1) is 0 Å². The van der Waals surface area contributed by atoms with E-state index in [0.29, 0.717) is 24.6 Å². The zero-order valence-electron chi connectivity index (χ0n) is 14.1. The van der Waals surface area contributed by atoms with Crippen LogP contribution in [0.25, 0.3) is 0 Å². The Bertz CT molecular complexity index is 895. The fourth-order valence-corrected chi connectivity index (χ4v) is 3.53. The van der Waals surface area contributed by atoms with Crippen molar-refractivity contribution >= 4 is 47.9 Å². The predicted octanol–water partition coefficient (Wildman–Crippen LogP) is 1.78. The first-order valence-corrected chi connectivity index (χ1v) is 8.81. The van der Waals surface area contributed by atoms with Gasteiger partial charge in [0.15, 0.2) is 5.82 Å². The number of urea groups is 1. The maximum absolute atomic E-state index is 12.9. The van der Waals surface area contributed by atoms with Gasteiger partial charge >= 0.3 is 6.03 Å². The standard InChI is InChI=1S/C16H16BClN6O2/c1-17-14(25)10-2-3-11-15(21-10)24(9-4-5-23(11)7-9)16(26)22-13-6-12(18)19-8-20-13/h2-3,6,8-9,17H,4-5,7H2,1H3,(H,19,20,22,26). The summed E-state index contributed by atoms with van der Waals surface area (Å²) in [5, 5.41) is 2.99. The summed E-state index contributed by atoms with van der Waals surface area (Å²) in [6.07, 6.45) is 2.13. The lowest BCUT2D eigenvalue weighted by Gasteiger charge is -2.35. The highest BCUT2D eigenvalue weighted by atomic mass is 35.5. The summed E-state index contributed by atoms with van der Waals surface area (Å²) in [5.41, 5.74) is 1.18. The van der Waals surface area contributed by atoms with Crippen molar-refractivity contribution in [3.8, 4) is 0 Å². The van der Waals surface area contributed by atoms with E-state index in [2.05, 4.69) is 25.2 Å². The number of anilines is 3. The third-order valence-corrected chi connectivity index (χ3v) is 4.85. The second kappa shape index (κ2) is 6.56. The second-order valence-corrected chi connectivity index (χ2v) is 6.62. The fraction of sp³-hybridized carbons (Fsp3) is 0.312. The number of hydrogen-bond donors (Lipinski definition) is 1. The summed E-state index contributed by atoms with van der Waals surface area (Å²) in [6, 6.07) is 4.73. The van der Waals surface area contributed by atoms with E-state index in [1.807, 2.05) is 6.07 Å². The Morgan fingerprint density at radius 2 is 2.19 bits per heavy atom. The Morgan fingerprint density at radius 1 is 1.35 bits per heavy atom. The van der Waals surface area contributed by atoms with Crippen LogP contribution in [0.4, 0.5) is 22.1 Å². The number of carbonyl (C=O) groups is 2. The Labute approximate surface area is 155 Å². The molecule has 2 amide bonds. The lowest BCUT2D eigenvalue weighted by molar-refractivity contribution is 0.107. The van der Waals surface area contributed by atoms with Crippen LogP contribution in [0.3, 0.4) is 0 Å². The molecule has 0 aromatic carbocycles. The van der Waals surface area contributed by atoms with E-state index in [1.165, 1.54) is 12.4 Å². The third-order valence-electron chi connectivity index (χ3n) is 4.65. The van der Waals surface area contributed by atoms with E-state index in [-0.39, 0.29) is 22.9 Å². The molecule has 1 atom stereocenters. The summed E-state index contributed by atoms with van der Waals surface area (Å²) >= 11 is 5.86. The molecule has 4 rings (SSSR count). The summed E-state index contributed by atoms with van der Waals surface area (Å²) in [7, 11) is 0.366. The molecule has 0 saturated carbocycles. The van der Waals surface area contributed by atoms with Crippen molar-refractivity contribution in [1.82, 2.24) is 15.0 Å². The SMILES string of the molecule is CBC(=O)c1ccc2c(n1)N(C(=O)Nc1cc(Cl)ncn1)C1CCN2C1. The van der Waals surface area contributed by atoms with E-state index in [4.69, 9.17) is 11.6 Å². The average Bonchev–Trinajstić information content (AvgIpc) is 3.05. The minimum Gasteiger partial charge on any atom is -0.366 e. The van der Waals surface area contributed by atoms with Crippen molar-refractivity contribution in [3.63, 3.8) is 0 Å². The van der Waals surface area contributed by atoms with Gasteiger partial charge in [-0.2, -0.15) is 0 Å². The molecule has 2 aromatic heterocycles. The number of rotatable bonds is 3. The molecule has 2 aromatic rings. The molecule has 1 unspecified atom stereocenters. The van der Waals surface area contributed by atoms with Gasteiger partial charge in [0.2, 0.25) is 7.28 Å². The molecule has 1 fully saturated rings. The van der Waals surface area contributed by atoms with Crippen molar-refractivity contribution < 1.29 is 9.59 Å². The number of carbonyl (C=O) groups excluding carboxylic acids is 2. The Balaban J connectivity index is 1.70. The quantitative estimate of drug-likeness (QED) is 0.654. The number of amides is 2. The third kappa shape index (κ3) is 2.88. The van der Waals surface area contributed by atoms with Crippen LogP contribution in [0.15, 0.2) is 24.5 Å². The molecule has 2 bridgehead atoms.